The molecular formula is C14H9N3O3S. The van der Waals surface area contributed by atoms with Crippen molar-refractivity contribution in [3.63, 3.8) is 0 Å². The fourth-order valence-corrected chi connectivity index (χ4v) is 3.40. The third-order valence-electron chi connectivity index (χ3n) is 3.25. The summed E-state index contributed by atoms with van der Waals surface area (Å²) in [6.45, 7) is 0. The molecule has 0 saturated carbocycles. The number of carbonyl (C=O) groups is 2. The van der Waals surface area contributed by atoms with E-state index in [0.717, 1.165) is 0 Å². The molecule has 2 aliphatic rings. The zero-order valence-electron chi connectivity index (χ0n) is 10.6. The molecule has 2 atom stereocenters. The molecular weight excluding hydrogens is 290 g/mol. The molecule has 3 rings (SSSR count). The molecule has 0 aromatic carbocycles. The van der Waals surface area contributed by atoms with Crippen molar-refractivity contribution in [1.29, 1.82) is 5.26 Å². The molecule has 1 fully saturated rings. The summed E-state index contributed by atoms with van der Waals surface area (Å²) in [5.41, 5.74) is 1.22. The van der Waals surface area contributed by atoms with Crippen molar-refractivity contribution in [2.24, 2.45) is 0 Å². The molecule has 1 saturated heterocycles. The van der Waals surface area contributed by atoms with Crippen molar-refractivity contribution in [3.8, 4) is 6.07 Å². The number of aliphatic carboxylic acids is 1. The van der Waals surface area contributed by atoms with E-state index in [1.54, 1.807) is 24.4 Å². The molecule has 6 nitrogen and oxygen atoms in total. The number of fused-ring (bicyclic) bond motifs is 1. The summed E-state index contributed by atoms with van der Waals surface area (Å²) < 4.78 is 0. The maximum absolute atomic E-state index is 12.2. The summed E-state index contributed by atoms with van der Waals surface area (Å²) in [5, 5.41) is 19.3. The molecule has 1 amide bonds. The second-order valence-corrected chi connectivity index (χ2v) is 5.44. The number of carboxylic acids is 1. The predicted molar refractivity (Wildman–Crippen MR) is 75.6 cm³/mol. The van der Waals surface area contributed by atoms with Crippen molar-refractivity contribution >= 4 is 29.7 Å². The van der Waals surface area contributed by atoms with Gasteiger partial charge in [-0.2, -0.15) is 5.26 Å². The van der Waals surface area contributed by atoms with Gasteiger partial charge >= 0.3 is 5.97 Å². The second kappa shape index (κ2) is 5.07. The Balaban J connectivity index is 1.94. The SMILES string of the molecule is N#CC1=CS[C@H]2/C(=C\c3ccccn3)C(=O)N2C1C(=O)O. The maximum Gasteiger partial charge on any atom is 0.331 e. The molecule has 1 aromatic rings. The second-order valence-electron chi connectivity index (χ2n) is 4.48. The van der Waals surface area contributed by atoms with E-state index in [-0.39, 0.29) is 16.9 Å². The Kier molecular flexibility index (Phi) is 3.23. The normalized spacial score (nSPS) is 25.7. The van der Waals surface area contributed by atoms with Crippen molar-refractivity contribution in [2.45, 2.75) is 11.4 Å². The van der Waals surface area contributed by atoms with Crippen LogP contribution in [0.3, 0.4) is 0 Å². The number of pyridine rings is 1. The van der Waals surface area contributed by atoms with Gasteiger partial charge in [-0.3, -0.25) is 9.78 Å². The largest absolute Gasteiger partial charge is 0.479 e. The van der Waals surface area contributed by atoms with Gasteiger partial charge in [0, 0.05) is 6.20 Å². The van der Waals surface area contributed by atoms with Gasteiger partial charge in [0.25, 0.3) is 5.91 Å². The van der Waals surface area contributed by atoms with Crippen LogP contribution in [0.25, 0.3) is 6.08 Å². The lowest BCUT2D eigenvalue weighted by atomic mass is 9.97. The van der Waals surface area contributed by atoms with Crippen LogP contribution >= 0.6 is 11.8 Å². The first-order valence-corrected chi connectivity index (χ1v) is 7.01. The molecule has 104 valence electrons. The van der Waals surface area contributed by atoms with Crippen LogP contribution in [-0.2, 0) is 9.59 Å². The van der Waals surface area contributed by atoms with Crippen LogP contribution in [0.5, 0.6) is 0 Å². The summed E-state index contributed by atoms with van der Waals surface area (Å²) in [4.78, 5) is 28.8. The smallest absolute Gasteiger partial charge is 0.331 e. The Bertz CT molecular complexity index is 721. The summed E-state index contributed by atoms with van der Waals surface area (Å²) >= 11 is 1.26. The minimum absolute atomic E-state index is 0.0778. The van der Waals surface area contributed by atoms with Gasteiger partial charge in [-0.05, 0) is 23.6 Å². The fraction of sp³-hybridized carbons (Fsp3) is 0.143. The van der Waals surface area contributed by atoms with Crippen LogP contribution in [0.2, 0.25) is 0 Å². The fourth-order valence-electron chi connectivity index (χ4n) is 2.28. The van der Waals surface area contributed by atoms with Crippen molar-refractivity contribution in [1.82, 2.24) is 9.88 Å². The first-order valence-electron chi connectivity index (χ1n) is 6.07. The van der Waals surface area contributed by atoms with Gasteiger partial charge in [0.05, 0.1) is 22.9 Å². The number of carbonyl (C=O) groups excluding carboxylic acids is 1. The highest BCUT2D eigenvalue weighted by Crippen LogP contribution is 2.43. The Morgan fingerprint density at radius 3 is 2.95 bits per heavy atom. The lowest BCUT2D eigenvalue weighted by Gasteiger charge is -2.46. The molecule has 21 heavy (non-hydrogen) atoms. The molecule has 0 radical (unpaired) electrons. The van der Waals surface area contributed by atoms with Gasteiger partial charge < -0.3 is 10.0 Å². The molecule has 0 aliphatic carbocycles. The van der Waals surface area contributed by atoms with Gasteiger partial charge in [-0.25, -0.2) is 4.79 Å². The van der Waals surface area contributed by atoms with Gasteiger partial charge in [0.2, 0.25) is 0 Å². The number of carboxylic acid groups (broad SMARTS) is 1. The van der Waals surface area contributed by atoms with E-state index in [2.05, 4.69) is 4.98 Å². The van der Waals surface area contributed by atoms with E-state index < -0.39 is 12.0 Å². The molecule has 2 aliphatic heterocycles. The van der Waals surface area contributed by atoms with E-state index in [4.69, 9.17) is 5.26 Å². The average molecular weight is 299 g/mol. The summed E-state index contributed by atoms with van der Waals surface area (Å²) in [6.07, 6.45) is 3.27. The van der Waals surface area contributed by atoms with Crippen molar-refractivity contribution in [3.05, 3.63) is 46.6 Å². The number of nitriles is 1. The number of thioether (sulfide) groups is 1. The van der Waals surface area contributed by atoms with Crippen LogP contribution < -0.4 is 0 Å². The maximum atomic E-state index is 12.2. The first-order chi connectivity index (χ1) is 10.1. The van der Waals surface area contributed by atoms with Crippen molar-refractivity contribution in [2.75, 3.05) is 0 Å². The lowest BCUT2D eigenvalue weighted by molar-refractivity contribution is -0.150. The molecule has 1 unspecified atom stereocenters. The van der Waals surface area contributed by atoms with Crippen LogP contribution in [0, 0.1) is 11.3 Å². The highest BCUT2D eigenvalue weighted by Gasteiger charge is 2.51. The quantitative estimate of drug-likeness (QED) is 0.652. The lowest BCUT2D eigenvalue weighted by Crippen LogP contribution is -2.61. The number of nitrogens with zero attached hydrogens (tertiary/aromatic N) is 3. The topological polar surface area (TPSA) is 94.3 Å². The molecule has 1 N–H and O–H groups in total. The average Bonchev–Trinajstić information content (AvgIpc) is 2.51. The number of rotatable bonds is 2. The molecule has 0 bridgehead atoms. The van der Waals surface area contributed by atoms with E-state index in [1.165, 1.54) is 22.1 Å². The highest BCUT2D eigenvalue weighted by atomic mass is 32.2. The van der Waals surface area contributed by atoms with Crippen molar-refractivity contribution < 1.29 is 14.7 Å². The highest BCUT2D eigenvalue weighted by molar-refractivity contribution is 8.03. The summed E-state index contributed by atoms with van der Waals surface area (Å²) in [5.74, 6) is -1.57. The minimum Gasteiger partial charge on any atom is -0.479 e. The minimum atomic E-state index is -1.20. The predicted octanol–water partition coefficient (Wildman–Crippen LogP) is 1.24. The molecule has 3 heterocycles. The monoisotopic (exact) mass is 299 g/mol. The van der Waals surface area contributed by atoms with E-state index in [9.17, 15) is 14.7 Å². The zero-order valence-corrected chi connectivity index (χ0v) is 11.4. The van der Waals surface area contributed by atoms with E-state index >= 15 is 0 Å². The van der Waals surface area contributed by atoms with Gasteiger partial charge in [-0.1, -0.05) is 6.07 Å². The Hall–Kier alpha value is -2.59. The Morgan fingerprint density at radius 2 is 2.33 bits per heavy atom. The van der Waals surface area contributed by atoms with Gasteiger partial charge in [-0.15, -0.1) is 11.8 Å². The van der Waals surface area contributed by atoms with Crippen LogP contribution in [0.15, 0.2) is 41.0 Å². The summed E-state index contributed by atoms with van der Waals surface area (Å²) in [6, 6.07) is 5.99. The van der Waals surface area contributed by atoms with E-state index in [0.29, 0.717) is 11.3 Å². The van der Waals surface area contributed by atoms with Crippen LogP contribution in [0.4, 0.5) is 0 Å². The first kappa shape index (κ1) is 13.4. The third kappa shape index (κ3) is 2.10. The van der Waals surface area contributed by atoms with E-state index in [1.807, 2.05) is 12.1 Å². The zero-order chi connectivity index (χ0) is 15.0. The van der Waals surface area contributed by atoms with Gasteiger partial charge in [0.15, 0.2) is 6.04 Å². The third-order valence-corrected chi connectivity index (χ3v) is 4.38. The standard InChI is InChI=1S/C14H9N3O3S/c15-6-8-7-21-13-10(5-9-3-1-2-4-16-9)12(18)17(13)11(8)14(19)20/h1-5,7,11,13H,(H,19,20)/b10-5-/t11?,13-/m0/s1. The Morgan fingerprint density at radius 1 is 1.52 bits per heavy atom. The number of hydrogen-bond donors (Lipinski definition) is 1. The number of hydrogen-bond acceptors (Lipinski definition) is 5. The Labute approximate surface area is 124 Å². The van der Waals surface area contributed by atoms with Crippen LogP contribution in [0.1, 0.15) is 5.69 Å². The molecule has 1 aromatic heterocycles. The number of β-lactam (4-membered cyclic amide) rings is 1. The number of amides is 1. The van der Waals surface area contributed by atoms with Gasteiger partial charge in [0.1, 0.15) is 5.37 Å². The number of aromatic nitrogens is 1. The van der Waals surface area contributed by atoms with Crippen LogP contribution in [-0.4, -0.2) is 38.3 Å². The molecule has 7 heteroatoms. The summed E-state index contributed by atoms with van der Waals surface area (Å²) in [7, 11) is 0. The molecule has 0 spiro atoms.